The number of amides is 1. The zero-order chi connectivity index (χ0) is 60.7. The van der Waals surface area contributed by atoms with Gasteiger partial charge in [-0.1, -0.05) is 327 Å². The van der Waals surface area contributed by atoms with E-state index in [0.29, 0.717) is 17.4 Å². The molecule has 0 fully saturated rings. The van der Waals surface area contributed by atoms with Crippen LogP contribution in [0, 0.1) is 0 Å². The second-order valence-electron chi connectivity index (χ2n) is 26.1. The largest absolute Gasteiger partial charge is 0.756 e. The summed E-state index contributed by atoms with van der Waals surface area (Å²) < 4.78 is 30.5. The second kappa shape index (κ2) is 63.3. The number of phosphoric ester groups is 1. The van der Waals surface area contributed by atoms with Crippen LogP contribution in [0.2, 0.25) is 0 Å². The van der Waals surface area contributed by atoms with Crippen molar-refractivity contribution in [2.45, 2.75) is 380 Å². The lowest BCUT2D eigenvalue weighted by atomic mass is 10.0. The number of nitrogens with one attached hydrogen (secondary N) is 1. The van der Waals surface area contributed by atoms with Crippen molar-refractivity contribution in [3.05, 3.63) is 36.5 Å². The van der Waals surface area contributed by atoms with Gasteiger partial charge in [-0.25, -0.2) is 0 Å². The summed E-state index contributed by atoms with van der Waals surface area (Å²) in [6, 6.07) is -0.885. The molecule has 3 unspecified atom stereocenters. The molecule has 0 saturated heterocycles. The highest BCUT2D eigenvalue weighted by Crippen LogP contribution is 2.38. The van der Waals surface area contributed by atoms with Crippen molar-refractivity contribution in [2.24, 2.45) is 0 Å². The van der Waals surface area contributed by atoms with Gasteiger partial charge in [0.2, 0.25) is 5.91 Å². The van der Waals surface area contributed by atoms with Crippen LogP contribution in [0.15, 0.2) is 36.5 Å². The molecule has 0 radical (unpaired) electrons. The van der Waals surface area contributed by atoms with Crippen molar-refractivity contribution in [1.82, 2.24) is 5.32 Å². The van der Waals surface area contributed by atoms with Crippen LogP contribution >= 0.6 is 7.82 Å². The quantitative estimate of drug-likeness (QED) is 0.0212. The third kappa shape index (κ3) is 64.5. The number of hydrogen-bond acceptors (Lipinski definition) is 7. The van der Waals surface area contributed by atoms with Crippen LogP contribution in [-0.2, 0) is 27.9 Å². The molecule has 0 aromatic heterocycles. The van der Waals surface area contributed by atoms with E-state index < -0.39 is 20.0 Å². The number of likely N-dealkylation sites (N-methyl/N-ethyl adjacent to an activating group) is 1. The summed E-state index contributed by atoms with van der Waals surface area (Å²) >= 11 is 0. The molecule has 0 heterocycles. The molecule has 0 spiro atoms. The maximum atomic E-state index is 13.6. The molecule has 3 atom stereocenters. The minimum atomic E-state index is -4.70. The number of ether oxygens (including phenoxy) is 1. The predicted octanol–water partition coefficient (Wildman–Crippen LogP) is 22.4. The summed E-state index contributed by atoms with van der Waals surface area (Å²) in [6.45, 7) is 6.89. The normalized spacial score (nSPS) is 13.7. The fourth-order valence-corrected chi connectivity index (χ4v) is 11.7. The van der Waals surface area contributed by atoms with Gasteiger partial charge in [0.15, 0.2) is 0 Å². The van der Waals surface area contributed by atoms with Crippen LogP contribution in [0.3, 0.4) is 0 Å². The summed E-state index contributed by atoms with van der Waals surface area (Å²) in [6.07, 6.45) is 78.4. The number of rotatable bonds is 67. The van der Waals surface area contributed by atoms with Crippen molar-refractivity contribution in [3.63, 3.8) is 0 Å². The molecular formula is C73H141N2O7P. The van der Waals surface area contributed by atoms with E-state index in [0.717, 1.165) is 64.2 Å². The van der Waals surface area contributed by atoms with Crippen LogP contribution in [0.25, 0.3) is 0 Å². The molecule has 0 aromatic rings. The number of esters is 1. The Hall–Kier alpha value is -1.77. The van der Waals surface area contributed by atoms with Crippen LogP contribution in [0.5, 0.6) is 0 Å². The minimum Gasteiger partial charge on any atom is -0.756 e. The highest BCUT2D eigenvalue weighted by molar-refractivity contribution is 7.45. The topological polar surface area (TPSA) is 114 Å². The van der Waals surface area contributed by atoms with E-state index in [4.69, 9.17) is 13.8 Å². The average molecular weight is 1190 g/mol. The van der Waals surface area contributed by atoms with Crippen LogP contribution in [0.1, 0.15) is 367 Å². The third-order valence-corrected chi connectivity index (χ3v) is 17.5. The average Bonchev–Trinajstić information content (AvgIpc) is 3.47. The van der Waals surface area contributed by atoms with Gasteiger partial charge in [0, 0.05) is 12.8 Å². The van der Waals surface area contributed by atoms with E-state index >= 15 is 0 Å². The van der Waals surface area contributed by atoms with Gasteiger partial charge < -0.3 is 28.5 Å². The molecule has 0 rings (SSSR count). The van der Waals surface area contributed by atoms with Crippen molar-refractivity contribution in [2.75, 3.05) is 40.9 Å². The first-order valence-electron chi connectivity index (χ1n) is 36.3. The summed E-state index contributed by atoms with van der Waals surface area (Å²) in [4.78, 5) is 40.2. The van der Waals surface area contributed by atoms with Crippen molar-refractivity contribution >= 4 is 19.7 Å². The molecule has 9 nitrogen and oxygen atoms in total. The second-order valence-corrected chi connectivity index (χ2v) is 27.5. The smallest absolute Gasteiger partial charge is 0.306 e. The first-order valence-corrected chi connectivity index (χ1v) is 37.8. The number of unbranched alkanes of at least 4 members (excludes halogenated alkanes) is 47. The Morgan fingerprint density at radius 2 is 0.735 bits per heavy atom. The van der Waals surface area contributed by atoms with E-state index in [1.165, 1.54) is 270 Å². The van der Waals surface area contributed by atoms with Crippen LogP contribution in [-0.4, -0.2) is 69.4 Å². The van der Waals surface area contributed by atoms with Crippen molar-refractivity contribution in [3.8, 4) is 0 Å². The lowest BCUT2D eigenvalue weighted by molar-refractivity contribution is -0.870. The molecule has 83 heavy (non-hydrogen) atoms. The molecule has 0 aliphatic carbocycles. The molecule has 10 heteroatoms. The molecule has 0 bridgehead atoms. The highest BCUT2D eigenvalue weighted by atomic mass is 31.2. The fourth-order valence-electron chi connectivity index (χ4n) is 11.0. The maximum Gasteiger partial charge on any atom is 0.306 e. The summed E-state index contributed by atoms with van der Waals surface area (Å²) in [5.41, 5.74) is 0. The SMILES string of the molecule is CCCCC/C=C\C/C=C\CCCCCCCCCCCCCCCC(=O)OC(/C=C/CCCCCCCCCCCCC)C(COP(=O)([O-])OCC[N+](C)(C)C)NC(=O)CCCCCCCCCCCCCCCCCCCCCCC. The predicted molar refractivity (Wildman–Crippen MR) is 358 cm³/mol. The molecule has 1 N–H and O–H groups in total. The van der Waals surface area contributed by atoms with Gasteiger partial charge in [-0.3, -0.25) is 14.2 Å². The van der Waals surface area contributed by atoms with Gasteiger partial charge in [-0.15, -0.1) is 0 Å². The van der Waals surface area contributed by atoms with Crippen LogP contribution in [0.4, 0.5) is 0 Å². The number of quaternary nitrogens is 1. The van der Waals surface area contributed by atoms with E-state index in [-0.39, 0.29) is 31.5 Å². The van der Waals surface area contributed by atoms with Gasteiger partial charge in [0.1, 0.15) is 19.3 Å². The van der Waals surface area contributed by atoms with Gasteiger partial charge in [0.05, 0.1) is 33.8 Å². The maximum absolute atomic E-state index is 13.6. The Morgan fingerprint density at radius 3 is 1.11 bits per heavy atom. The molecule has 0 aliphatic rings. The number of carbonyl (C=O) groups is 2. The Morgan fingerprint density at radius 1 is 0.422 bits per heavy atom. The lowest BCUT2D eigenvalue weighted by Crippen LogP contribution is -2.47. The Kier molecular flexibility index (Phi) is 61.9. The number of hydrogen-bond donors (Lipinski definition) is 1. The minimum absolute atomic E-state index is 0.0190. The first-order chi connectivity index (χ1) is 40.4. The molecule has 1 amide bonds. The number of phosphoric acid groups is 1. The van der Waals surface area contributed by atoms with Gasteiger partial charge in [0.25, 0.3) is 7.82 Å². The van der Waals surface area contributed by atoms with E-state index in [1.54, 1.807) is 0 Å². The van der Waals surface area contributed by atoms with E-state index in [1.807, 2.05) is 33.3 Å². The van der Waals surface area contributed by atoms with Crippen LogP contribution < -0.4 is 10.2 Å². The summed E-state index contributed by atoms with van der Waals surface area (Å²) in [7, 11) is 1.20. The van der Waals surface area contributed by atoms with E-state index in [9.17, 15) is 19.0 Å². The number of carbonyl (C=O) groups excluding carboxylic acids is 2. The van der Waals surface area contributed by atoms with Crippen molar-refractivity contribution in [1.29, 1.82) is 0 Å². The Bertz CT molecular complexity index is 1510. The monoisotopic (exact) mass is 1190 g/mol. The first kappa shape index (κ1) is 81.2. The van der Waals surface area contributed by atoms with Gasteiger partial charge in [-0.05, 0) is 63.9 Å². The molecule has 0 aromatic carbocycles. The molecule has 0 saturated carbocycles. The zero-order valence-electron chi connectivity index (χ0n) is 56.2. The van der Waals surface area contributed by atoms with Crippen molar-refractivity contribution < 1.29 is 37.3 Å². The molecule has 490 valence electrons. The highest BCUT2D eigenvalue weighted by Gasteiger charge is 2.27. The summed E-state index contributed by atoms with van der Waals surface area (Å²) in [5, 5.41) is 3.05. The van der Waals surface area contributed by atoms with Gasteiger partial charge in [-0.2, -0.15) is 0 Å². The third-order valence-electron chi connectivity index (χ3n) is 16.6. The fraction of sp³-hybridized carbons (Fsp3) is 0.890. The Balaban J connectivity index is 5.06. The standard InChI is InChI=1S/C73H141N2O7P/c1-7-10-13-16-19-22-25-28-30-32-34-36-37-39-41-43-45-48-51-54-57-60-63-66-73(77)82-71(64-61-58-55-52-49-46-27-24-21-18-15-12-9-3)70(69-81-83(78,79)80-68-67-75(4,5)6)74-72(76)65-62-59-56-53-50-47-44-42-40-38-35-33-31-29-26-23-20-17-14-11-8-2/h19,22,28,30,61,64,70-71H,7-18,20-21,23-27,29,31-60,62-63,65-69H2,1-6H3,(H-,74,76,78,79)/b22-19-,30-28-,64-61+. The summed E-state index contributed by atoms with van der Waals surface area (Å²) in [5.74, 6) is -0.520. The number of nitrogens with zero attached hydrogens (tertiary/aromatic N) is 1. The van der Waals surface area contributed by atoms with E-state index in [2.05, 4.69) is 50.4 Å². The van der Waals surface area contributed by atoms with Gasteiger partial charge >= 0.3 is 5.97 Å². The lowest BCUT2D eigenvalue weighted by Gasteiger charge is -2.30. The number of allylic oxidation sites excluding steroid dienone is 5. The molecule has 0 aliphatic heterocycles. The zero-order valence-corrected chi connectivity index (χ0v) is 57.1. The molecular weight excluding hydrogens is 1050 g/mol. The Labute approximate surface area is 516 Å².